The van der Waals surface area contributed by atoms with Crippen LogP contribution >= 0.6 is 0 Å². The predicted octanol–water partition coefficient (Wildman–Crippen LogP) is 3.65. The number of hydrogen-bond donors (Lipinski definition) is 1. The van der Waals surface area contributed by atoms with Crippen LogP contribution in [0.25, 0.3) is 0 Å². The van der Waals surface area contributed by atoms with Gasteiger partial charge in [-0.2, -0.15) is 0 Å². The summed E-state index contributed by atoms with van der Waals surface area (Å²) in [7, 11) is 1.66. The Morgan fingerprint density at radius 3 is 2.59 bits per heavy atom. The summed E-state index contributed by atoms with van der Waals surface area (Å²) < 4.78 is 16.1. The number of furan rings is 1. The van der Waals surface area contributed by atoms with Crippen molar-refractivity contribution >= 4 is 17.5 Å². The van der Waals surface area contributed by atoms with Crippen molar-refractivity contribution in [2.75, 3.05) is 45.2 Å². The molecule has 4 rings (SSSR count). The Morgan fingerprint density at radius 2 is 1.82 bits per heavy atom. The molecule has 8 nitrogen and oxygen atoms in total. The number of ether oxygens (including phenoxy) is 2. The van der Waals surface area contributed by atoms with Crippen molar-refractivity contribution in [1.82, 2.24) is 9.80 Å². The number of benzene rings is 2. The van der Waals surface area contributed by atoms with E-state index in [4.69, 9.17) is 13.9 Å². The predicted molar refractivity (Wildman–Crippen MR) is 128 cm³/mol. The minimum atomic E-state index is -0.345. The van der Waals surface area contributed by atoms with Gasteiger partial charge in [0, 0.05) is 44.5 Å². The fourth-order valence-corrected chi connectivity index (χ4v) is 3.87. The topological polar surface area (TPSA) is 84.3 Å². The number of amides is 2. The minimum absolute atomic E-state index is 0.0451. The monoisotopic (exact) mass is 463 g/mol. The van der Waals surface area contributed by atoms with Crippen molar-refractivity contribution in [3.05, 3.63) is 78.3 Å². The van der Waals surface area contributed by atoms with Gasteiger partial charge in [0.15, 0.2) is 12.4 Å². The van der Waals surface area contributed by atoms with Crippen LogP contribution in [0.3, 0.4) is 0 Å². The smallest absolute Gasteiger partial charge is 0.291 e. The number of hydrogen-bond acceptors (Lipinski definition) is 6. The number of nitrogens with zero attached hydrogens (tertiary/aromatic N) is 2. The molecule has 2 heterocycles. The summed E-state index contributed by atoms with van der Waals surface area (Å²) in [4.78, 5) is 29.1. The van der Waals surface area contributed by atoms with E-state index in [1.165, 1.54) is 11.8 Å². The van der Waals surface area contributed by atoms with Crippen LogP contribution in [0.4, 0.5) is 5.69 Å². The van der Waals surface area contributed by atoms with Gasteiger partial charge in [-0.05, 0) is 48.4 Å². The molecule has 0 unspecified atom stereocenters. The molecule has 0 saturated carbocycles. The van der Waals surface area contributed by atoms with E-state index in [9.17, 15) is 9.59 Å². The molecule has 1 aliphatic rings. The lowest BCUT2D eigenvalue weighted by Gasteiger charge is -2.22. The highest BCUT2D eigenvalue weighted by atomic mass is 16.5. The molecule has 1 aromatic heterocycles. The SMILES string of the molecule is COc1ccc(CN2CCCN(C(=O)COc3cccc(NC(=O)c4ccco4)c3)CC2)cc1. The van der Waals surface area contributed by atoms with E-state index in [1.807, 2.05) is 17.0 Å². The molecule has 0 bridgehead atoms. The molecule has 0 aliphatic carbocycles. The fourth-order valence-electron chi connectivity index (χ4n) is 3.87. The number of carbonyl (C=O) groups is 2. The third-order valence-corrected chi connectivity index (χ3v) is 5.71. The third-order valence-electron chi connectivity index (χ3n) is 5.71. The van der Waals surface area contributed by atoms with Crippen LogP contribution in [-0.4, -0.2) is 61.5 Å². The normalized spacial score (nSPS) is 14.3. The van der Waals surface area contributed by atoms with Gasteiger partial charge in [-0.25, -0.2) is 0 Å². The Balaban J connectivity index is 1.25. The van der Waals surface area contributed by atoms with Crippen LogP contribution in [0, 0.1) is 0 Å². The lowest BCUT2D eigenvalue weighted by molar-refractivity contribution is -0.133. The molecule has 2 aromatic carbocycles. The Kier molecular flexibility index (Phi) is 7.83. The maximum absolute atomic E-state index is 12.8. The van der Waals surface area contributed by atoms with E-state index in [2.05, 4.69) is 22.3 Å². The summed E-state index contributed by atoms with van der Waals surface area (Å²) in [5.41, 5.74) is 1.79. The van der Waals surface area contributed by atoms with Gasteiger partial charge in [0.05, 0.1) is 13.4 Å². The number of anilines is 1. The first-order valence-electron chi connectivity index (χ1n) is 11.3. The van der Waals surface area contributed by atoms with Crippen molar-refractivity contribution in [2.45, 2.75) is 13.0 Å². The molecular formula is C26H29N3O5. The molecule has 0 radical (unpaired) electrons. The molecule has 1 aliphatic heterocycles. The summed E-state index contributed by atoms with van der Waals surface area (Å²) in [6.07, 6.45) is 2.36. The molecule has 1 saturated heterocycles. The minimum Gasteiger partial charge on any atom is -0.497 e. The lowest BCUT2D eigenvalue weighted by Crippen LogP contribution is -2.38. The van der Waals surface area contributed by atoms with E-state index < -0.39 is 0 Å². The van der Waals surface area contributed by atoms with Crippen molar-refractivity contribution in [3.8, 4) is 11.5 Å². The second kappa shape index (κ2) is 11.4. The van der Waals surface area contributed by atoms with Gasteiger partial charge < -0.3 is 24.1 Å². The first-order chi connectivity index (χ1) is 16.6. The molecule has 34 heavy (non-hydrogen) atoms. The zero-order valence-corrected chi connectivity index (χ0v) is 19.2. The molecule has 8 heteroatoms. The van der Waals surface area contributed by atoms with Gasteiger partial charge in [-0.3, -0.25) is 14.5 Å². The molecule has 0 atom stereocenters. The molecule has 178 valence electrons. The zero-order chi connectivity index (χ0) is 23.8. The maximum Gasteiger partial charge on any atom is 0.291 e. The number of rotatable bonds is 8. The van der Waals surface area contributed by atoms with E-state index in [-0.39, 0.29) is 24.2 Å². The fraction of sp³-hybridized carbons (Fsp3) is 0.308. The quantitative estimate of drug-likeness (QED) is 0.549. The van der Waals surface area contributed by atoms with Gasteiger partial charge >= 0.3 is 0 Å². The van der Waals surface area contributed by atoms with Crippen molar-refractivity contribution < 1.29 is 23.5 Å². The van der Waals surface area contributed by atoms with Crippen molar-refractivity contribution in [3.63, 3.8) is 0 Å². The van der Waals surface area contributed by atoms with Crippen molar-refractivity contribution in [2.24, 2.45) is 0 Å². The number of methoxy groups -OCH3 is 1. The van der Waals surface area contributed by atoms with E-state index in [1.54, 1.807) is 43.5 Å². The Morgan fingerprint density at radius 1 is 0.971 bits per heavy atom. The second-order valence-corrected chi connectivity index (χ2v) is 8.11. The molecule has 3 aromatic rings. The molecule has 0 spiro atoms. The maximum atomic E-state index is 12.8. The van der Waals surface area contributed by atoms with E-state index in [0.29, 0.717) is 24.5 Å². The summed E-state index contributed by atoms with van der Waals surface area (Å²) >= 11 is 0. The van der Waals surface area contributed by atoms with Crippen molar-refractivity contribution in [1.29, 1.82) is 0 Å². The third kappa shape index (κ3) is 6.39. The highest BCUT2D eigenvalue weighted by Crippen LogP contribution is 2.19. The van der Waals surface area contributed by atoms with Crippen LogP contribution in [0.1, 0.15) is 22.5 Å². The zero-order valence-electron chi connectivity index (χ0n) is 19.2. The van der Waals surface area contributed by atoms with Gasteiger partial charge in [0.2, 0.25) is 0 Å². The van der Waals surface area contributed by atoms with Crippen LogP contribution < -0.4 is 14.8 Å². The summed E-state index contributed by atoms with van der Waals surface area (Å²) in [6, 6.07) is 18.3. The van der Waals surface area contributed by atoms with E-state index in [0.717, 1.165) is 31.8 Å². The lowest BCUT2D eigenvalue weighted by atomic mass is 10.2. The Labute approximate surface area is 199 Å². The summed E-state index contributed by atoms with van der Waals surface area (Å²) in [5.74, 6) is 1.20. The number of carbonyl (C=O) groups excluding carboxylic acids is 2. The van der Waals surface area contributed by atoms with Crippen LogP contribution in [0.15, 0.2) is 71.3 Å². The molecular weight excluding hydrogens is 434 g/mol. The van der Waals surface area contributed by atoms with E-state index >= 15 is 0 Å². The van der Waals surface area contributed by atoms with Crippen LogP contribution in [-0.2, 0) is 11.3 Å². The molecule has 2 amide bonds. The van der Waals surface area contributed by atoms with Gasteiger partial charge in [0.1, 0.15) is 11.5 Å². The van der Waals surface area contributed by atoms with Crippen LogP contribution in [0.5, 0.6) is 11.5 Å². The highest BCUT2D eigenvalue weighted by molar-refractivity contribution is 6.02. The average molecular weight is 464 g/mol. The number of nitrogens with one attached hydrogen (secondary N) is 1. The molecule has 1 fully saturated rings. The first kappa shape index (κ1) is 23.4. The van der Waals surface area contributed by atoms with Gasteiger partial charge in [-0.1, -0.05) is 18.2 Å². The average Bonchev–Trinajstić information content (AvgIpc) is 3.31. The highest BCUT2D eigenvalue weighted by Gasteiger charge is 2.20. The summed E-state index contributed by atoms with van der Waals surface area (Å²) in [6.45, 7) is 3.92. The summed E-state index contributed by atoms with van der Waals surface area (Å²) in [5, 5.41) is 2.75. The first-order valence-corrected chi connectivity index (χ1v) is 11.3. The van der Waals surface area contributed by atoms with Gasteiger partial charge in [-0.15, -0.1) is 0 Å². The Hall–Kier alpha value is -3.78. The van der Waals surface area contributed by atoms with Crippen LogP contribution in [0.2, 0.25) is 0 Å². The largest absolute Gasteiger partial charge is 0.497 e. The van der Waals surface area contributed by atoms with Gasteiger partial charge in [0.25, 0.3) is 11.8 Å². The molecule has 1 N–H and O–H groups in total. The second-order valence-electron chi connectivity index (χ2n) is 8.11. The Bertz CT molecular complexity index is 1080. The standard InChI is InChI=1S/C26H29N3O5/c1-32-22-10-8-20(9-11-22)18-28-12-4-13-29(15-14-28)25(30)19-34-23-6-2-5-21(17-23)27-26(31)24-7-3-16-33-24/h2-3,5-11,16-17H,4,12-15,18-19H2,1H3,(H,27,31).